The standard InChI is InChI=1S/C35H25ClN2O3/c36-31-16-7-5-10-25(31)19-22-33(39)26-17-20-29(21-18-26)37-35(41)32(38-34(40)27-11-2-1-3-12-27)23-28-14-8-13-24-9-4-6-15-30(24)28/h1-23H,(H,37,41)(H,38,40)/b22-19+,32-23-. The summed E-state index contributed by atoms with van der Waals surface area (Å²) < 4.78 is 0. The zero-order valence-corrected chi connectivity index (χ0v) is 22.6. The van der Waals surface area contributed by atoms with Crippen LogP contribution in [0.1, 0.15) is 31.8 Å². The quantitative estimate of drug-likeness (QED) is 0.151. The summed E-state index contributed by atoms with van der Waals surface area (Å²) in [6.07, 6.45) is 4.79. The lowest BCUT2D eigenvalue weighted by Gasteiger charge is -2.12. The Bertz CT molecular complexity index is 1790. The largest absolute Gasteiger partial charge is 0.321 e. The average molecular weight is 557 g/mol. The minimum atomic E-state index is -0.500. The number of carbonyl (C=O) groups excluding carboxylic acids is 3. The monoisotopic (exact) mass is 556 g/mol. The molecule has 0 spiro atoms. The Morgan fingerprint density at radius 2 is 1.29 bits per heavy atom. The molecule has 0 saturated heterocycles. The molecule has 0 aliphatic heterocycles. The number of allylic oxidation sites excluding steroid dienone is 1. The van der Waals surface area contributed by atoms with Crippen LogP contribution in [0, 0.1) is 0 Å². The molecule has 5 aromatic rings. The molecule has 0 heterocycles. The topological polar surface area (TPSA) is 75.3 Å². The van der Waals surface area contributed by atoms with E-state index >= 15 is 0 Å². The van der Waals surface area contributed by atoms with E-state index in [2.05, 4.69) is 10.6 Å². The van der Waals surface area contributed by atoms with Crippen molar-refractivity contribution in [1.29, 1.82) is 0 Å². The van der Waals surface area contributed by atoms with Crippen molar-refractivity contribution in [3.8, 4) is 0 Å². The number of amides is 2. The molecule has 0 aliphatic rings. The van der Waals surface area contributed by atoms with Crippen molar-refractivity contribution in [2.45, 2.75) is 0 Å². The van der Waals surface area contributed by atoms with Gasteiger partial charge in [0.15, 0.2) is 5.78 Å². The van der Waals surface area contributed by atoms with Crippen molar-refractivity contribution in [2.75, 3.05) is 5.32 Å². The van der Waals surface area contributed by atoms with Gasteiger partial charge in [0.25, 0.3) is 11.8 Å². The molecule has 0 fully saturated rings. The van der Waals surface area contributed by atoms with E-state index < -0.39 is 11.8 Å². The van der Waals surface area contributed by atoms with Crippen LogP contribution in [0.2, 0.25) is 5.02 Å². The van der Waals surface area contributed by atoms with Crippen molar-refractivity contribution in [3.05, 3.63) is 160 Å². The molecule has 0 aromatic heterocycles. The highest BCUT2D eigenvalue weighted by Crippen LogP contribution is 2.22. The highest BCUT2D eigenvalue weighted by Gasteiger charge is 2.16. The molecule has 0 unspecified atom stereocenters. The number of halogens is 1. The van der Waals surface area contributed by atoms with Crippen LogP contribution < -0.4 is 10.6 Å². The van der Waals surface area contributed by atoms with E-state index in [1.54, 1.807) is 66.7 Å². The summed E-state index contributed by atoms with van der Waals surface area (Å²) in [7, 11) is 0. The molecular weight excluding hydrogens is 532 g/mol. The summed E-state index contributed by atoms with van der Waals surface area (Å²) in [6, 6.07) is 36.1. The maximum absolute atomic E-state index is 13.4. The Balaban J connectivity index is 1.37. The van der Waals surface area contributed by atoms with E-state index in [0.29, 0.717) is 21.8 Å². The Morgan fingerprint density at radius 3 is 2.07 bits per heavy atom. The van der Waals surface area contributed by atoms with Gasteiger partial charge >= 0.3 is 0 Å². The zero-order chi connectivity index (χ0) is 28.6. The van der Waals surface area contributed by atoms with Crippen LogP contribution in [-0.2, 0) is 4.79 Å². The van der Waals surface area contributed by atoms with Crippen molar-refractivity contribution < 1.29 is 14.4 Å². The molecule has 0 atom stereocenters. The Kier molecular flexibility index (Phi) is 8.48. The maximum Gasteiger partial charge on any atom is 0.272 e. The number of nitrogens with one attached hydrogen (secondary N) is 2. The minimum absolute atomic E-state index is 0.0815. The van der Waals surface area contributed by atoms with Crippen LogP contribution in [0.25, 0.3) is 22.9 Å². The number of rotatable bonds is 8. The van der Waals surface area contributed by atoms with Crippen LogP contribution in [0.4, 0.5) is 5.69 Å². The molecule has 6 heteroatoms. The first-order valence-corrected chi connectivity index (χ1v) is 13.3. The van der Waals surface area contributed by atoms with Gasteiger partial charge in [-0.05, 0) is 82.6 Å². The van der Waals surface area contributed by atoms with Gasteiger partial charge in [-0.1, -0.05) is 90.5 Å². The molecule has 0 aliphatic carbocycles. The molecule has 2 amide bonds. The lowest BCUT2D eigenvalue weighted by atomic mass is 10.0. The van der Waals surface area contributed by atoms with Crippen molar-refractivity contribution in [1.82, 2.24) is 5.32 Å². The third-order valence-electron chi connectivity index (χ3n) is 6.40. The molecule has 2 N–H and O–H groups in total. The zero-order valence-electron chi connectivity index (χ0n) is 21.9. The van der Waals surface area contributed by atoms with Gasteiger partial charge in [-0.15, -0.1) is 0 Å². The second-order valence-electron chi connectivity index (χ2n) is 9.20. The second kappa shape index (κ2) is 12.7. The van der Waals surface area contributed by atoms with Gasteiger partial charge in [-0.25, -0.2) is 0 Å². The fourth-order valence-electron chi connectivity index (χ4n) is 4.26. The van der Waals surface area contributed by atoms with E-state index in [0.717, 1.165) is 21.9 Å². The number of fused-ring (bicyclic) bond motifs is 1. The molecule has 200 valence electrons. The molecular formula is C35H25ClN2O3. The van der Waals surface area contributed by atoms with Gasteiger partial charge in [-0.2, -0.15) is 0 Å². The van der Waals surface area contributed by atoms with E-state index in [9.17, 15) is 14.4 Å². The molecule has 5 aromatic carbocycles. The highest BCUT2D eigenvalue weighted by molar-refractivity contribution is 6.32. The van der Waals surface area contributed by atoms with Gasteiger partial charge in [0.2, 0.25) is 0 Å². The Labute approximate surface area is 242 Å². The molecule has 5 nitrogen and oxygen atoms in total. The first kappa shape index (κ1) is 27.3. The van der Waals surface area contributed by atoms with Crippen LogP contribution in [0.5, 0.6) is 0 Å². The molecule has 41 heavy (non-hydrogen) atoms. The fraction of sp³-hybridized carbons (Fsp3) is 0. The first-order valence-electron chi connectivity index (χ1n) is 12.9. The summed E-state index contributed by atoms with van der Waals surface area (Å²) in [5.41, 5.74) is 2.96. The Hall–Kier alpha value is -5.26. The van der Waals surface area contributed by atoms with Gasteiger partial charge < -0.3 is 10.6 Å². The number of anilines is 1. The van der Waals surface area contributed by atoms with Gasteiger partial charge in [0.05, 0.1) is 0 Å². The van der Waals surface area contributed by atoms with Crippen molar-refractivity contribution >= 4 is 57.8 Å². The molecule has 0 saturated carbocycles. The van der Waals surface area contributed by atoms with Crippen LogP contribution in [-0.4, -0.2) is 17.6 Å². The lowest BCUT2D eigenvalue weighted by Crippen LogP contribution is -2.30. The predicted molar refractivity (Wildman–Crippen MR) is 166 cm³/mol. The predicted octanol–water partition coefficient (Wildman–Crippen LogP) is 7.80. The summed E-state index contributed by atoms with van der Waals surface area (Å²) in [6.45, 7) is 0. The smallest absolute Gasteiger partial charge is 0.272 e. The normalized spacial score (nSPS) is 11.4. The van der Waals surface area contributed by atoms with Crippen LogP contribution >= 0.6 is 11.6 Å². The number of ketones is 1. The van der Waals surface area contributed by atoms with E-state index in [1.807, 2.05) is 66.7 Å². The van der Waals surface area contributed by atoms with Crippen molar-refractivity contribution in [2.24, 2.45) is 0 Å². The summed E-state index contributed by atoms with van der Waals surface area (Å²) in [5.74, 6) is -1.10. The highest BCUT2D eigenvalue weighted by atomic mass is 35.5. The maximum atomic E-state index is 13.4. The van der Waals surface area contributed by atoms with Crippen LogP contribution in [0.3, 0.4) is 0 Å². The number of benzene rings is 5. The summed E-state index contributed by atoms with van der Waals surface area (Å²) in [5, 5.41) is 8.12. The molecule has 0 radical (unpaired) electrons. The van der Waals surface area contributed by atoms with E-state index in [4.69, 9.17) is 11.6 Å². The third-order valence-corrected chi connectivity index (χ3v) is 6.74. The van der Waals surface area contributed by atoms with Gasteiger partial charge in [0.1, 0.15) is 5.70 Å². The van der Waals surface area contributed by atoms with Crippen LogP contribution in [0.15, 0.2) is 133 Å². The Morgan fingerprint density at radius 1 is 0.634 bits per heavy atom. The lowest BCUT2D eigenvalue weighted by molar-refractivity contribution is -0.113. The fourth-order valence-corrected chi connectivity index (χ4v) is 4.46. The molecule has 0 bridgehead atoms. The number of hydrogen-bond donors (Lipinski definition) is 2. The van der Waals surface area contributed by atoms with Gasteiger partial charge in [0, 0.05) is 21.8 Å². The number of carbonyl (C=O) groups is 3. The van der Waals surface area contributed by atoms with Gasteiger partial charge in [-0.3, -0.25) is 14.4 Å². The minimum Gasteiger partial charge on any atom is -0.321 e. The second-order valence-corrected chi connectivity index (χ2v) is 9.60. The summed E-state index contributed by atoms with van der Waals surface area (Å²) in [4.78, 5) is 39.1. The SMILES string of the molecule is O=C(Nc1ccc(C(=O)/C=C/c2ccccc2Cl)cc1)/C(=C/c1cccc2ccccc12)NC(=O)c1ccccc1. The summed E-state index contributed by atoms with van der Waals surface area (Å²) >= 11 is 6.16. The average Bonchev–Trinajstić information content (AvgIpc) is 3.01. The molecule has 5 rings (SSSR count). The van der Waals surface area contributed by atoms with E-state index in [-0.39, 0.29) is 11.5 Å². The number of hydrogen-bond acceptors (Lipinski definition) is 3. The first-order chi connectivity index (χ1) is 20.0. The third kappa shape index (κ3) is 6.85. The van der Waals surface area contributed by atoms with Crippen molar-refractivity contribution in [3.63, 3.8) is 0 Å². The van der Waals surface area contributed by atoms with E-state index in [1.165, 1.54) is 6.08 Å².